The van der Waals surface area contributed by atoms with Crippen molar-refractivity contribution in [3.05, 3.63) is 137 Å². The van der Waals surface area contributed by atoms with E-state index < -0.39 is 5.97 Å². The second kappa shape index (κ2) is 11.4. The fourth-order valence-corrected chi connectivity index (χ4v) is 4.91. The molecule has 1 aromatic heterocycles. The molecule has 7 nitrogen and oxygen atoms in total. The van der Waals surface area contributed by atoms with Gasteiger partial charge in [0.05, 0.1) is 34.8 Å². The predicted octanol–water partition coefficient (Wildman–Crippen LogP) is 6.78. The van der Waals surface area contributed by atoms with Crippen LogP contribution in [0, 0.1) is 0 Å². The first-order valence-electron chi connectivity index (χ1n) is 13.5. The van der Waals surface area contributed by atoms with E-state index in [0.29, 0.717) is 28.1 Å². The van der Waals surface area contributed by atoms with Crippen LogP contribution < -0.4 is 10.6 Å². The smallest absolute Gasteiger partial charge is 0.338 e. The van der Waals surface area contributed by atoms with Crippen LogP contribution in [0.4, 0.5) is 11.4 Å². The van der Waals surface area contributed by atoms with E-state index in [9.17, 15) is 9.59 Å². The van der Waals surface area contributed by atoms with Gasteiger partial charge in [-0.2, -0.15) is 0 Å². The Labute approximate surface area is 237 Å². The molecule has 0 saturated heterocycles. The van der Waals surface area contributed by atoms with Crippen LogP contribution in [0.3, 0.4) is 0 Å². The number of carbonyl (C=O) groups excluding carboxylic acids is 2. The number of rotatable bonds is 8. The Morgan fingerprint density at radius 2 is 1.61 bits per heavy atom. The summed E-state index contributed by atoms with van der Waals surface area (Å²) >= 11 is 0. The molecule has 0 spiro atoms. The molecule has 0 radical (unpaired) electrons. The lowest BCUT2D eigenvalue weighted by molar-refractivity contribution is -0.110. The van der Waals surface area contributed by atoms with Crippen molar-refractivity contribution in [2.45, 2.75) is 13.3 Å². The summed E-state index contributed by atoms with van der Waals surface area (Å²) in [6.45, 7) is 2.04. The molecule has 1 aliphatic heterocycles. The number of amides is 1. The minimum atomic E-state index is -0.424. The minimum absolute atomic E-state index is 0.245. The number of aromatic amines is 1. The van der Waals surface area contributed by atoms with E-state index in [1.54, 1.807) is 25.1 Å². The summed E-state index contributed by atoms with van der Waals surface area (Å²) in [5.74, 6) is 0.128. The summed E-state index contributed by atoms with van der Waals surface area (Å²) in [7, 11) is 0. The number of aromatic nitrogens is 2. The molecule has 202 valence electrons. The first-order valence-corrected chi connectivity index (χ1v) is 13.5. The number of ether oxygens (including phenoxy) is 1. The quantitative estimate of drug-likeness (QED) is 0.149. The number of hydrogen-bond acceptors (Lipinski definition) is 5. The lowest BCUT2D eigenvalue weighted by Gasteiger charge is -2.15. The zero-order valence-electron chi connectivity index (χ0n) is 22.5. The molecule has 0 fully saturated rings. The molecule has 0 atom stereocenters. The Morgan fingerprint density at radius 1 is 0.878 bits per heavy atom. The van der Waals surface area contributed by atoms with Crippen LogP contribution in [0.15, 0.2) is 109 Å². The van der Waals surface area contributed by atoms with Crippen molar-refractivity contribution in [3.63, 3.8) is 0 Å². The number of esters is 1. The molecule has 0 unspecified atom stereocenters. The molecule has 5 aromatic rings. The molecule has 4 aromatic carbocycles. The highest BCUT2D eigenvalue weighted by Gasteiger charge is 2.29. The van der Waals surface area contributed by atoms with Crippen molar-refractivity contribution in [1.29, 1.82) is 0 Å². The first-order chi connectivity index (χ1) is 20.1. The number of imidazole rings is 1. The molecule has 3 N–H and O–H groups in total. The molecule has 1 amide bonds. The largest absolute Gasteiger partial charge is 0.462 e. The van der Waals surface area contributed by atoms with Crippen molar-refractivity contribution in [3.8, 4) is 11.4 Å². The van der Waals surface area contributed by atoms with E-state index in [4.69, 9.17) is 9.72 Å². The van der Waals surface area contributed by atoms with Gasteiger partial charge in [0.2, 0.25) is 0 Å². The van der Waals surface area contributed by atoms with Crippen molar-refractivity contribution >= 4 is 34.5 Å². The summed E-state index contributed by atoms with van der Waals surface area (Å²) in [6.07, 6.45) is 2.70. The van der Waals surface area contributed by atoms with Crippen LogP contribution in [-0.4, -0.2) is 28.5 Å². The van der Waals surface area contributed by atoms with E-state index in [1.807, 2.05) is 79.0 Å². The van der Waals surface area contributed by atoms with Gasteiger partial charge in [0.15, 0.2) is 0 Å². The van der Waals surface area contributed by atoms with Gasteiger partial charge in [-0.05, 0) is 54.4 Å². The highest BCUT2D eigenvalue weighted by Crippen LogP contribution is 2.38. The first kappa shape index (κ1) is 25.8. The standard InChI is InChI=1S/C34H28N4O3/c1-2-41-34(40)25-15-18-28-29(20-25)38-33(39)30(28)31(23-11-7-4-8-12-23)36-26-16-13-24(14-17-26)32-35-21-27(37-32)19-22-9-5-3-6-10-22/h3-18,20-21,36H,2,19H2,1H3,(H,35,37)(H,38,39)/b31-30-. The molecular weight excluding hydrogens is 512 g/mol. The van der Waals surface area contributed by atoms with Crippen molar-refractivity contribution in [2.75, 3.05) is 17.2 Å². The highest BCUT2D eigenvalue weighted by molar-refractivity contribution is 6.37. The number of benzene rings is 4. The van der Waals surface area contributed by atoms with Crippen LogP contribution in [0.1, 0.15) is 39.7 Å². The third kappa shape index (κ3) is 5.51. The van der Waals surface area contributed by atoms with Crippen molar-refractivity contribution in [2.24, 2.45) is 0 Å². The van der Waals surface area contributed by atoms with Crippen LogP contribution >= 0.6 is 0 Å². The molecule has 0 aliphatic carbocycles. The van der Waals surface area contributed by atoms with E-state index in [0.717, 1.165) is 34.8 Å². The molecule has 0 bridgehead atoms. The summed E-state index contributed by atoms with van der Waals surface area (Å²) in [5.41, 5.74) is 7.67. The zero-order valence-corrected chi connectivity index (χ0v) is 22.5. The number of carbonyl (C=O) groups is 2. The van der Waals surface area contributed by atoms with E-state index >= 15 is 0 Å². The molecule has 6 rings (SSSR count). The van der Waals surface area contributed by atoms with Gasteiger partial charge in [-0.3, -0.25) is 4.79 Å². The van der Waals surface area contributed by atoms with E-state index in [2.05, 4.69) is 27.8 Å². The molecule has 1 aliphatic rings. The Kier molecular flexibility index (Phi) is 7.15. The number of anilines is 2. The lowest BCUT2D eigenvalue weighted by atomic mass is 9.99. The fraction of sp³-hybridized carbons (Fsp3) is 0.0882. The van der Waals surface area contributed by atoms with Crippen LogP contribution in [0.2, 0.25) is 0 Å². The average molecular weight is 541 g/mol. The van der Waals surface area contributed by atoms with Gasteiger partial charge in [0, 0.05) is 29.4 Å². The summed E-state index contributed by atoms with van der Waals surface area (Å²) in [6, 6.07) is 33.0. The maximum absolute atomic E-state index is 13.3. The van der Waals surface area contributed by atoms with Gasteiger partial charge < -0.3 is 20.4 Å². The monoisotopic (exact) mass is 540 g/mol. The van der Waals surface area contributed by atoms with E-state index in [-0.39, 0.29) is 12.5 Å². The molecule has 2 heterocycles. The number of H-pyrrole nitrogens is 1. The molecule has 41 heavy (non-hydrogen) atoms. The van der Waals surface area contributed by atoms with Crippen molar-refractivity contribution < 1.29 is 14.3 Å². The Morgan fingerprint density at radius 3 is 2.34 bits per heavy atom. The highest BCUT2D eigenvalue weighted by atomic mass is 16.5. The maximum atomic E-state index is 13.3. The SMILES string of the molecule is CCOC(=O)c1ccc2c(c1)NC(=O)/C2=C(\Nc1ccc(-c2nc(Cc3ccccc3)c[nH]2)cc1)c1ccccc1. The van der Waals surface area contributed by atoms with Gasteiger partial charge in [-0.25, -0.2) is 9.78 Å². The Bertz CT molecular complexity index is 1740. The Hall–Kier alpha value is -5.43. The number of nitrogens with one attached hydrogen (secondary N) is 3. The summed E-state index contributed by atoms with van der Waals surface area (Å²) < 4.78 is 5.12. The zero-order chi connectivity index (χ0) is 28.2. The van der Waals surface area contributed by atoms with Gasteiger partial charge in [-0.15, -0.1) is 0 Å². The van der Waals surface area contributed by atoms with Gasteiger partial charge in [0.25, 0.3) is 5.91 Å². The maximum Gasteiger partial charge on any atom is 0.338 e. The second-order valence-corrected chi connectivity index (χ2v) is 9.66. The number of hydrogen-bond donors (Lipinski definition) is 3. The third-order valence-electron chi connectivity index (χ3n) is 6.87. The molecule has 0 saturated carbocycles. The van der Waals surface area contributed by atoms with Crippen LogP contribution in [-0.2, 0) is 16.0 Å². The number of fused-ring (bicyclic) bond motifs is 1. The Balaban J connectivity index is 1.30. The van der Waals surface area contributed by atoms with E-state index in [1.165, 1.54) is 5.56 Å². The van der Waals surface area contributed by atoms with Gasteiger partial charge in [-0.1, -0.05) is 66.7 Å². The number of nitrogens with zero attached hydrogens (tertiary/aromatic N) is 1. The summed E-state index contributed by atoms with van der Waals surface area (Å²) in [5, 5.41) is 6.39. The van der Waals surface area contributed by atoms with Crippen LogP contribution in [0.5, 0.6) is 0 Å². The minimum Gasteiger partial charge on any atom is -0.462 e. The molecular formula is C34H28N4O3. The lowest BCUT2D eigenvalue weighted by Crippen LogP contribution is -2.10. The van der Waals surface area contributed by atoms with Crippen molar-refractivity contribution in [1.82, 2.24) is 9.97 Å². The third-order valence-corrected chi connectivity index (χ3v) is 6.87. The topological polar surface area (TPSA) is 96.1 Å². The summed E-state index contributed by atoms with van der Waals surface area (Å²) in [4.78, 5) is 33.6. The normalized spacial score (nSPS) is 13.3. The average Bonchev–Trinajstić information content (AvgIpc) is 3.60. The second-order valence-electron chi connectivity index (χ2n) is 9.66. The van der Waals surface area contributed by atoms with Gasteiger partial charge in [0.1, 0.15) is 5.82 Å². The molecule has 7 heteroatoms. The predicted molar refractivity (Wildman–Crippen MR) is 161 cm³/mol. The van der Waals surface area contributed by atoms with Crippen LogP contribution in [0.25, 0.3) is 22.7 Å². The van der Waals surface area contributed by atoms with Gasteiger partial charge >= 0.3 is 5.97 Å². The fourth-order valence-electron chi connectivity index (χ4n) is 4.91.